The van der Waals surface area contributed by atoms with Crippen molar-refractivity contribution in [1.29, 1.82) is 0 Å². The van der Waals surface area contributed by atoms with Gasteiger partial charge in [0.25, 0.3) is 0 Å². The molecule has 0 aromatic heterocycles. The van der Waals surface area contributed by atoms with Crippen LogP contribution in [0.5, 0.6) is 23.0 Å². The summed E-state index contributed by atoms with van der Waals surface area (Å²) >= 11 is 0. The van der Waals surface area contributed by atoms with Crippen LogP contribution in [0.25, 0.3) is 11.1 Å². The van der Waals surface area contributed by atoms with Crippen LogP contribution in [-0.2, 0) is 9.53 Å². The molecular formula is C30H33NO6. The van der Waals surface area contributed by atoms with Crippen LogP contribution in [0.2, 0.25) is 0 Å². The standard InChI is InChI=1S/C30H33NO6/c1-5-27(23-10-15-28-29(16-23)36-19-35-28)30(21-6-11-24(33)12-7-21)22-8-13-25(14-9-22)34-18-26(17-31(3)4)37-20(2)32/h6-16,26,33H,5,17-19H2,1-4H3. The van der Waals surface area contributed by atoms with Crippen molar-refractivity contribution in [1.82, 2.24) is 4.90 Å². The van der Waals surface area contributed by atoms with Gasteiger partial charge in [0.15, 0.2) is 11.5 Å². The third-order valence-corrected chi connectivity index (χ3v) is 6.01. The van der Waals surface area contributed by atoms with Crippen LogP contribution in [0.15, 0.2) is 66.7 Å². The van der Waals surface area contributed by atoms with Crippen molar-refractivity contribution in [3.8, 4) is 23.0 Å². The van der Waals surface area contributed by atoms with E-state index in [1.54, 1.807) is 12.1 Å². The number of phenolic OH excluding ortho intramolecular Hbond substituents is 1. The minimum absolute atomic E-state index is 0.216. The summed E-state index contributed by atoms with van der Waals surface area (Å²) < 4.78 is 22.5. The van der Waals surface area contributed by atoms with Crippen LogP contribution in [0.4, 0.5) is 0 Å². The summed E-state index contributed by atoms with van der Waals surface area (Å²) in [5, 5.41) is 9.88. The van der Waals surface area contributed by atoms with Crippen molar-refractivity contribution in [3.05, 3.63) is 83.4 Å². The number of esters is 1. The van der Waals surface area contributed by atoms with E-state index in [2.05, 4.69) is 6.92 Å². The molecule has 0 fully saturated rings. The molecule has 7 heteroatoms. The molecule has 0 saturated carbocycles. The molecule has 1 N–H and O–H groups in total. The lowest BCUT2D eigenvalue weighted by Crippen LogP contribution is -2.34. The lowest BCUT2D eigenvalue weighted by Gasteiger charge is -2.21. The molecule has 7 nitrogen and oxygen atoms in total. The molecule has 0 saturated heterocycles. The Balaban J connectivity index is 1.66. The van der Waals surface area contributed by atoms with Gasteiger partial charge >= 0.3 is 5.97 Å². The Morgan fingerprint density at radius 2 is 1.57 bits per heavy atom. The maximum atomic E-state index is 11.5. The SMILES string of the molecule is CCC(=C(c1ccc(O)cc1)c1ccc(OCC(CN(C)C)OC(C)=O)cc1)c1ccc2c(c1)OCO2. The zero-order chi connectivity index (χ0) is 26.4. The highest BCUT2D eigenvalue weighted by Gasteiger charge is 2.19. The normalized spacial score (nSPS) is 13.8. The second-order valence-electron chi connectivity index (χ2n) is 9.15. The van der Waals surface area contributed by atoms with Gasteiger partial charge in [0.1, 0.15) is 24.2 Å². The number of nitrogens with zero attached hydrogens (tertiary/aromatic N) is 1. The number of carbonyl (C=O) groups excluding carboxylic acids is 1. The first-order chi connectivity index (χ1) is 17.8. The van der Waals surface area contributed by atoms with Gasteiger partial charge < -0.3 is 29.0 Å². The molecule has 1 unspecified atom stereocenters. The minimum Gasteiger partial charge on any atom is -0.508 e. The first kappa shape index (κ1) is 26.1. The Morgan fingerprint density at radius 1 is 0.946 bits per heavy atom. The number of ether oxygens (including phenoxy) is 4. The third kappa shape index (κ3) is 6.62. The molecule has 37 heavy (non-hydrogen) atoms. The Kier molecular flexibility index (Phi) is 8.36. The van der Waals surface area contributed by atoms with Gasteiger partial charge in [0, 0.05) is 13.5 Å². The average molecular weight is 504 g/mol. The van der Waals surface area contributed by atoms with Gasteiger partial charge in [-0.1, -0.05) is 37.3 Å². The van der Waals surface area contributed by atoms with Crippen molar-refractivity contribution >= 4 is 17.1 Å². The largest absolute Gasteiger partial charge is 0.508 e. The van der Waals surface area contributed by atoms with Crippen molar-refractivity contribution < 1.29 is 28.8 Å². The topological polar surface area (TPSA) is 77.5 Å². The van der Waals surface area contributed by atoms with Gasteiger partial charge in [0.05, 0.1) is 0 Å². The molecule has 0 aliphatic carbocycles. The van der Waals surface area contributed by atoms with E-state index in [9.17, 15) is 9.90 Å². The second-order valence-corrected chi connectivity index (χ2v) is 9.15. The predicted octanol–water partition coefficient (Wildman–Crippen LogP) is 5.36. The number of likely N-dealkylation sites (N-methyl/N-ethyl adjacent to an activating group) is 1. The van der Waals surface area contributed by atoms with Gasteiger partial charge in [-0.2, -0.15) is 0 Å². The monoisotopic (exact) mass is 503 g/mol. The van der Waals surface area contributed by atoms with E-state index in [4.69, 9.17) is 18.9 Å². The number of phenols is 1. The van der Waals surface area contributed by atoms with Gasteiger partial charge in [0.2, 0.25) is 6.79 Å². The number of rotatable bonds is 10. The molecule has 4 rings (SSSR count). The van der Waals surface area contributed by atoms with E-state index >= 15 is 0 Å². The van der Waals surface area contributed by atoms with Crippen LogP contribution in [-0.4, -0.2) is 56.1 Å². The molecule has 1 atom stereocenters. The smallest absolute Gasteiger partial charge is 0.303 e. The van der Waals surface area contributed by atoms with E-state index in [-0.39, 0.29) is 31.2 Å². The molecule has 194 valence electrons. The zero-order valence-electron chi connectivity index (χ0n) is 21.7. The maximum Gasteiger partial charge on any atom is 0.303 e. The molecule has 1 aliphatic heterocycles. The minimum atomic E-state index is -0.364. The Hall–Kier alpha value is -3.97. The molecule has 0 bridgehead atoms. The van der Waals surface area contributed by atoms with Crippen molar-refractivity contribution in [3.63, 3.8) is 0 Å². The summed E-state index contributed by atoms with van der Waals surface area (Å²) in [7, 11) is 3.85. The summed E-state index contributed by atoms with van der Waals surface area (Å²) in [6.07, 6.45) is 0.417. The summed E-state index contributed by atoms with van der Waals surface area (Å²) in [6, 6.07) is 21.1. The van der Waals surface area contributed by atoms with Crippen molar-refractivity contribution in [2.24, 2.45) is 0 Å². The van der Waals surface area contributed by atoms with Crippen LogP contribution < -0.4 is 14.2 Å². The third-order valence-electron chi connectivity index (χ3n) is 6.01. The van der Waals surface area contributed by atoms with E-state index in [0.29, 0.717) is 12.3 Å². The number of allylic oxidation sites excluding steroid dienone is 1. The van der Waals surface area contributed by atoms with E-state index in [0.717, 1.165) is 45.8 Å². The fourth-order valence-corrected chi connectivity index (χ4v) is 4.43. The van der Waals surface area contributed by atoms with Crippen LogP contribution in [0.1, 0.15) is 37.0 Å². The van der Waals surface area contributed by atoms with Gasteiger partial charge in [-0.05, 0) is 84.8 Å². The predicted molar refractivity (Wildman–Crippen MR) is 143 cm³/mol. The summed E-state index contributed by atoms with van der Waals surface area (Å²) in [4.78, 5) is 13.4. The molecule has 3 aromatic rings. The van der Waals surface area contributed by atoms with Crippen molar-refractivity contribution in [2.75, 3.05) is 34.0 Å². The number of aromatic hydroxyl groups is 1. The summed E-state index contributed by atoms with van der Waals surface area (Å²) in [6.45, 7) is 4.58. The van der Waals surface area contributed by atoms with Crippen LogP contribution in [0.3, 0.4) is 0 Å². The van der Waals surface area contributed by atoms with Crippen LogP contribution >= 0.6 is 0 Å². The fourth-order valence-electron chi connectivity index (χ4n) is 4.43. The quantitative estimate of drug-likeness (QED) is 0.295. The average Bonchev–Trinajstić information content (AvgIpc) is 3.34. The Labute approximate surface area is 217 Å². The molecule has 0 radical (unpaired) electrons. The second kappa shape index (κ2) is 11.8. The lowest BCUT2D eigenvalue weighted by molar-refractivity contribution is -0.148. The highest BCUT2D eigenvalue weighted by Crippen LogP contribution is 2.40. The molecule has 1 aliphatic rings. The number of hydrogen-bond donors (Lipinski definition) is 1. The number of hydrogen-bond acceptors (Lipinski definition) is 7. The Bertz CT molecular complexity index is 1250. The van der Waals surface area contributed by atoms with E-state index in [1.807, 2.05) is 73.6 Å². The number of fused-ring (bicyclic) bond motifs is 1. The fraction of sp³-hybridized carbons (Fsp3) is 0.300. The van der Waals surface area contributed by atoms with E-state index < -0.39 is 0 Å². The van der Waals surface area contributed by atoms with Gasteiger partial charge in [-0.3, -0.25) is 4.79 Å². The van der Waals surface area contributed by atoms with Crippen molar-refractivity contribution in [2.45, 2.75) is 26.4 Å². The highest BCUT2D eigenvalue weighted by molar-refractivity contribution is 5.99. The zero-order valence-corrected chi connectivity index (χ0v) is 21.7. The van der Waals surface area contributed by atoms with Gasteiger partial charge in [-0.25, -0.2) is 0 Å². The number of benzene rings is 3. The first-order valence-corrected chi connectivity index (χ1v) is 12.3. The summed E-state index contributed by atoms with van der Waals surface area (Å²) in [5.41, 5.74) is 5.24. The van der Waals surface area contributed by atoms with E-state index in [1.165, 1.54) is 6.92 Å². The Morgan fingerprint density at radius 3 is 2.19 bits per heavy atom. The highest BCUT2D eigenvalue weighted by atomic mass is 16.7. The first-order valence-electron chi connectivity index (χ1n) is 12.3. The number of carbonyl (C=O) groups is 1. The molecule has 0 spiro atoms. The summed E-state index contributed by atoms with van der Waals surface area (Å²) in [5.74, 6) is 2.05. The lowest BCUT2D eigenvalue weighted by atomic mass is 9.88. The molecule has 0 amide bonds. The molecule has 1 heterocycles. The molecule has 3 aromatic carbocycles. The van der Waals surface area contributed by atoms with Gasteiger partial charge in [-0.15, -0.1) is 0 Å². The van der Waals surface area contributed by atoms with Crippen LogP contribution in [0, 0.1) is 0 Å². The maximum absolute atomic E-state index is 11.5. The molecular weight excluding hydrogens is 470 g/mol.